The summed E-state index contributed by atoms with van der Waals surface area (Å²) in [5.74, 6) is -0.951. The molecular weight excluding hydrogens is 618 g/mol. The third-order valence-electron chi connectivity index (χ3n) is 8.97. The second kappa shape index (κ2) is 15.4. The van der Waals surface area contributed by atoms with Gasteiger partial charge in [0.2, 0.25) is 23.6 Å². The van der Waals surface area contributed by atoms with Gasteiger partial charge in [0.1, 0.15) is 12.1 Å². The van der Waals surface area contributed by atoms with Crippen molar-refractivity contribution in [1.82, 2.24) is 9.80 Å². The molecule has 10 nitrogen and oxygen atoms in total. The molecule has 0 radical (unpaired) electrons. The third kappa shape index (κ3) is 8.39. The molecule has 2 fully saturated rings. The lowest BCUT2D eigenvalue weighted by molar-refractivity contribution is -0.136. The minimum absolute atomic E-state index is 0.0659. The zero-order valence-electron chi connectivity index (χ0n) is 27.1. The summed E-state index contributed by atoms with van der Waals surface area (Å²) in [5, 5.41) is 8.64. The van der Waals surface area contributed by atoms with Crippen LogP contribution in [-0.4, -0.2) is 64.5 Å². The Bertz CT molecular complexity index is 1800. The van der Waals surface area contributed by atoms with Gasteiger partial charge in [-0.1, -0.05) is 60.7 Å². The Morgan fingerprint density at radius 1 is 0.510 bits per heavy atom. The van der Waals surface area contributed by atoms with Crippen LogP contribution in [0.4, 0.5) is 17.1 Å². The summed E-state index contributed by atoms with van der Waals surface area (Å²) in [6, 6.07) is 31.3. The predicted molar refractivity (Wildman–Crippen MR) is 188 cm³/mol. The van der Waals surface area contributed by atoms with Gasteiger partial charge >= 0.3 is 0 Å². The van der Waals surface area contributed by atoms with E-state index in [4.69, 9.17) is 0 Å². The van der Waals surface area contributed by atoms with E-state index in [-0.39, 0.29) is 42.4 Å². The zero-order valence-corrected chi connectivity index (χ0v) is 27.1. The van der Waals surface area contributed by atoms with Crippen molar-refractivity contribution >= 4 is 46.6 Å². The summed E-state index contributed by atoms with van der Waals surface area (Å²) in [5.41, 5.74) is 3.87. The van der Waals surface area contributed by atoms with Gasteiger partial charge in [0, 0.05) is 35.7 Å². The fraction of sp³-hybridized carbons (Fsp3) is 0.256. The quantitative estimate of drug-likeness (QED) is 0.214. The lowest BCUT2D eigenvalue weighted by Crippen LogP contribution is -2.43. The van der Waals surface area contributed by atoms with E-state index in [1.54, 1.807) is 58.3 Å². The summed E-state index contributed by atoms with van der Waals surface area (Å²) in [6.45, 7) is 1.10. The van der Waals surface area contributed by atoms with Crippen LogP contribution >= 0.6 is 0 Å². The molecule has 2 aliphatic heterocycles. The molecule has 2 aliphatic rings. The summed E-state index contributed by atoms with van der Waals surface area (Å²) in [6.07, 6.45) is 3.25. The average Bonchev–Trinajstić information content (AvgIpc) is 3.82. The first-order valence-electron chi connectivity index (χ1n) is 16.6. The van der Waals surface area contributed by atoms with E-state index in [2.05, 4.69) is 16.0 Å². The maximum atomic E-state index is 13.1. The van der Waals surface area contributed by atoms with Gasteiger partial charge in [-0.2, -0.15) is 0 Å². The van der Waals surface area contributed by atoms with Crippen molar-refractivity contribution in [3.63, 3.8) is 0 Å². The van der Waals surface area contributed by atoms with E-state index >= 15 is 0 Å². The van der Waals surface area contributed by atoms with Crippen molar-refractivity contribution in [1.29, 1.82) is 0 Å². The number of hydrogen-bond donors (Lipinski definition) is 3. The third-order valence-corrected chi connectivity index (χ3v) is 8.97. The Morgan fingerprint density at radius 2 is 0.898 bits per heavy atom. The van der Waals surface area contributed by atoms with Gasteiger partial charge in [0.05, 0.1) is 12.8 Å². The van der Waals surface area contributed by atoms with Crippen LogP contribution in [0.15, 0.2) is 109 Å². The molecule has 0 aromatic heterocycles. The molecule has 0 aliphatic carbocycles. The van der Waals surface area contributed by atoms with Gasteiger partial charge in [-0.3, -0.25) is 24.0 Å². The van der Waals surface area contributed by atoms with Gasteiger partial charge in [0.25, 0.3) is 5.91 Å². The topological polar surface area (TPSA) is 128 Å². The van der Waals surface area contributed by atoms with Gasteiger partial charge in [-0.15, -0.1) is 0 Å². The number of carbonyl (C=O) groups excluding carboxylic acids is 5. The molecule has 250 valence electrons. The van der Waals surface area contributed by atoms with Crippen molar-refractivity contribution in [3.8, 4) is 0 Å². The molecule has 10 heteroatoms. The van der Waals surface area contributed by atoms with E-state index in [0.29, 0.717) is 48.6 Å². The largest absolute Gasteiger partial charge is 0.330 e. The molecule has 2 saturated heterocycles. The second-order valence-electron chi connectivity index (χ2n) is 12.4. The fourth-order valence-corrected chi connectivity index (χ4v) is 6.42. The Kier molecular flexibility index (Phi) is 10.4. The first-order valence-corrected chi connectivity index (χ1v) is 16.6. The number of nitrogens with one attached hydrogen (secondary N) is 3. The highest BCUT2D eigenvalue weighted by Gasteiger charge is 2.35. The SMILES string of the molecule is O=C(Nc1ccc(NC(=O)[C@@H]2CCCN2C(=O)Cc2ccccc2)cc1)c1ccc(NC(=O)[C@@H]2CCCN2C(=O)Cc2ccccc2)cc1. The van der Waals surface area contributed by atoms with Crippen LogP contribution in [0.3, 0.4) is 0 Å². The van der Waals surface area contributed by atoms with E-state index < -0.39 is 12.1 Å². The van der Waals surface area contributed by atoms with Crippen molar-refractivity contribution in [2.24, 2.45) is 0 Å². The Balaban J connectivity index is 0.982. The van der Waals surface area contributed by atoms with Gasteiger partial charge in [-0.05, 0) is 85.3 Å². The maximum absolute atomic E-state index is 13.1. The Hall–Kier alpha value is -5.77. The summed E-state index contributed by atoms with van der Waals surface area (Å²) in [4.78, 5) is 68.3. The molecule has 49 heavy (non-hydrogen) atoms. The highest BCUT2D eigenvalue weighted by molar-refractivity contribution is 6.05. The number of hydrogen-bond acceptors (Lipinski definition) is 5. The van der Waals surface area contributed by atoms with Crippen LogP contribution in [0.2, 0.25) is 0 Å². The molecule has 0 saturated carbocycles. The van der Waals surface area contributed by atoms with E-state index in [9.17, 15) is 24.0 Å². The molecule has 4 aromatic rings. The average molecular weight is 658 g/mol. The predicted octanol–water partition coefficient (Wildman–Crippen LogP) is 5.28. The highest BCUT2D eigenvalue weighted by atomic mass is 16.2. The Labute approximate surface area is 285 Å². The molecule has 2 heterocycles. The molecule has 3 N–H and O–H groups in total. The van der Waals surface area contributed by atoms with Crippen LogP contribution < -0.4 is 16.0 Å². The molecule has 2 atom stereocenters. The number of nitrogens with zero attached hydrogens (tertiary/aromatic N) is 2. The summed E-state index contributed by atoms with van der Waals surface area (Å²) < 4.78 is 0. The van der Waals surface area contributed by atoms with E-state index in [1.807, 2.05) is 60.7 Å². The number of benzene rings is 4. The van der Waals surface area contributed by atoms with Crippen LogP contribution in [0.25, 0.3) is 0 Å². The normalized spacial score (nSPS) is 17.0. The monoisotopic (exact) mass is 657 g/mol. The minimum atomic E-state index is -0.536. The molecular formula is C39H39N5O5. The molecule has 0 spiro atoms. The highest BCUT2D eigenvalue weighted by Crippen LogP contribution is 2.23. The number of anilines is 3. The first kappa shape index (κ1) is 33.1. The van der Waals surface area contributed by atoms with Crippen LogP contribution in [0, 0.1) is 0 Å². The van der Waals surface area contributed by atoms with Crippen molar-refractivity contribution in [2.45, 2.75) is 50.6 Å². The maximum Gasteiger partial charge on any atom is 0.255 e. The van der Waals surface area contributed by atoms with Crippen LogP contribution in [0.1, 0.15) is 47.2 Å². The van der Waals surface area contributed by atoms with Gasteiger partial charge in [0.15, 0.2) is 0 Å². The van der Waals surface area contributed by atoms with E-state index in [0.717, 1.165) is 24.0 Å². The van der Waals surface area contributed by atoms with Crippen molar-refractivity contribution in [3.05, 3.63) is 126 Å². The van der Waals surface area contributed by atoms with Gasteiger partial charge in [-0.25, -0.2) is 0 Å². The smallest absolute Gasteiger partial charge is 0.255 e. The van der Waals surface area contributed by atoms with Crippen molar-refractivity contribution in [2.75, 3.05) is 29.0 Å². The molecule has 4 aromatic carbocycles. The summed E-state index contributed by atoms with van der Waals surface area (Å²) >= 11 is 0. The Morgan fingerprint density at radius 3 is 1.33 bits per heavy atom. The summed E-state index contributed by atoms with van der Waals surface area (Å²) in [7, 11) is 0. The first-order chi connectivity index (χ1) is 23.8. The number of carbonyl (C=O) groups is 5. The molecule has 0 bridgehead atoms. The lowest BCUT2D eigenvalue weighted by atomic mass is 10.1. The minimum Gasteiger partial charge on any atom is -0.330 e. The molecule has 5 amide bonds. The standard InChI is InChI=1S/C39H39N5O5/c45-35(25-27-9-3-1-4-10-27)43-23-7-13-33(43)38(48)41-30-17-15-29(16-18-30)37(47)40-31-19-21-32(22-20-31)42-39(49)34-14-8-24-44(34)36(46)26-28-11-5-2-6-12-28/h1-6,9-12,15-22,33-34H,7-8,13-14,23-26H2,(H,40,47)(H,41,48)(H,42,49)/t33-,34-/m0/s1. The van der Waals surface area contributed by atoms with Crippen LogP contribution in [0.5, 0.6) is 0 Å². The van der Waals surface area contributed by atoms with Gasteiger partial charge < -0.3 is 25.8 Å². The second-order valence-corrected chi connectivity index (χ2v) is 12.4. The number of rotatable bonds is 10. The van der Waals surface area contributed by atoms with E-state index in [1.165, 1.54) is 0 Å². The lowest BCUT2D eigenvalue weighted by Gasteiger charge is -2.24. The van der Waals surface area contributed by atoms with Crippen LogP contribution in [-0.2, 0) is 32.0 Å². The number of amides is 5. The number of likely N-dealkylation sites (tertiary alicyclic amines) is 2. The molecule has 0 unspecified atom stereocenters. The van der Waals surface area contributed by atoms with Crippen molar-refractivity contribution < 1.29 is 24.0 Å². The zero-order chi connectivity index (χ0) is 34.2. The fourth-order valence-electron chi connectivity index (χ4n) is 6.42. The molecule has 6 rings (SSSR count).